The molecule has 0 aliphatic rings. The SMILES string of the molecule is Cc1ccnc2c1ccc1c(CCCCCCC(=O)O)ccnc12. The number of hydrogen-bond acceptors (Lipinski definition) is 3. The number of aromatic nitrogens is 2. The molecule has 0 fully saturated rings. The van der Waals surface area contributed by atoms with E-state index in [0.717, 1.165) is 48.5 Å². The Kier molecular flexibility index (Phi) is 5.04. The number of fused-ring (bicyclic) bond motifs is 3. The van der Waals surface area contributed by atoms with Gasteiger partial charge in [-0.05, 0) is 49.4 Å². The van der Waals surface area contributed by atoms with Crippen LogP contribution in [0.1, 0.15) is 43.2 Å². The maximum Gasteiger partial charge on any atom is 0.303 e. The number of unbranched alkanes of at least 4 members (excludes halogenated alkanes) is 3. The van der Waals surface area contributed by atoms with Gasteiger partial charge in [0.2, 0.25) is 0 Å². The normalized spacial score (nSPS) is 11.2. The lowest BCUT2D eigenvalue weighted by Gasteiger charge is -2.09. The molecule has 0 radical (unpaired) electrons. The van der Waals surface area contributed by atoms with E-state index >= 15 is 0 Å². The summed E-state index contributed by atoms with van der Waals surface area (Å²) in [5, 5.41) is 11.0. The molecule has 4 heteroatoms. The average Bonchev–Trinajstić information content (AvgIpc) is 2.58. The maximum atomic E-state index is 10.5. The molecule has 124 valence electrons. The lowest BCUT2D eigenvalue weighted by atomic mass is 9.99. The molecule has 0 saturated heterocycles. The second-order valence-electron chi connectivity index (χ2n) is 6.26. The quantitative estimate of drug-likeness (QED) is 0.507. The van der Waals surface area contributed by atoms with E-state index in [1.807, 2.05) is 18.5 Å². The number of pyridine rings is 2. The highest BCUT2D eigenvalue weighted by Crippen LogP contribution is 2.27. The summed E-state index contributed by atoms with van der Waals surface area (Å²) in [4.78, 5) is 19.6. The molecule has 4 nitrogen and oxygen atoms in total. The Hall–Kier alpha value is -2.49. The highest BCUT2D eigenvalue weighted by Gasteiger charge is 2.08. The van der Waals surface area contributed by atoms with E-state index in [-0.39, 0.29) is 6.42 Å². The van der Waals surface area contributed by atoms with Gasteiger partial charge in [0.05, 0.1) is 11.0 Å². The molecular formula is C20H22N2O2. The first-order valence-corrected chi connectivity index (χ1v) is 8.50. The number of aryl methyl sites for hydroxylation is 2. The molecule has 3 aromatic rings. The second-order valence-corrected chi connectivity index (χ2v) is 6.26. The summed E-state index contributed by atoms with van der Waals surface area (Å²) in [5.74, 6) is -0.704. The monoisotopic (exact) mass is 322 g/mol. The van der Waals surface area contributed by atoms with Gasteiger partial charge in [0.25, 0.3) is 0 Å². The number of carboxylic acids is 1. The molecule has 1 aromatic carbocycles. The van der Waals surface area contributed by atoms with Gasteiger partial charge in [-0.1, -0.05) is 25.0 Å². The lowest BCUT2D eigenvalue weighted by molar-refractivity contribution is -0.137. The molecule has 0 amide bonds. The summed E-state index contributed by atoms with van der Waals surface area (Å²) in [7, 11) is 0. The van der Waals surface area contributed by atoms with Crippen LogP contribution < -0.4 is 0 Å². The van der Waals surface area contributed by atoms with Crippen LogP contribution >= 0.6 is 0 Å². The smallest absolute Gasteiger partial charge is 0.303 e. The predicted octanol–water partition coefficient (Wildman–Crippen LogP) is 4.67. The van der Waals surface area contributed by atoms with Crippen LogP contribution in [0, 0.1) is 6.92 Å². The Morgan fingerprint density at radius 3 is 2.38 bits per heavy atom. The Balaban J connectivity index is 1.76. The second kappa shape index (κ2) is 7.39. The van der Waals surface area contributed by atoms with E-state index < -0.39 is 5.97 Å². The molecule has 2 heterocycles. The summed E-state index contributed by atoms with van der Waals surface area (Å²) >= 11 is 0. The van der Waals surface area contributed by atoms with Gasteiger partial charge in [-0.2, -0.15) is 0 Å². The first-order valence-electron chi connectivity index (χ1n) is 8.50. The van der Waals surface area contributed by atoms with Gasteiger partial charge in [0, 0.05) is 29.6 Å². The van der Waals surface area contributed by atoms with Crippen LogP contribution in [0.25, 0.3) is 21.8 Å². The summed E-state index contributed by atoms with van der Waals surface area (Å²) in [6.45, 7) is 2.09. The topological polar surface area (TPSA) is 63.1 Å². The minimum atomic E-state index is -0.704. The minimum absolute atomic E-state index is 0.273. The van der Waals surface area contributed by atoms with Crippen molar-refractivity contribution in [2.24, 2.45) is 0 Å². The van der Waals surface area contributed by atoms with Crippen molar-refractivity contribution in [3.8, 4) is 0 Å². The number of rotatable bonds is 7. The van der Waals surface area contributed by atoms with E-state index in [1.165, 1.54) is 16.5 Å². The molecule has 24 heavy (non-hydrogen) atoms. The fourth-order valence-electron chi connectivity index (χ4n) is 3.19. The van der Waals surface area contributed by atoms with Gasteiger partial charge in [0.15, 0.2) is 0 Å². The summed E-state index contributed by atoms with van der Waals surface area (Å²) in [6.07, 6.45) is 8.83. The zero-order valence-corrected chi connectivity index (χ0v) is 14.0. The molecule has 0 bridgehead atoms. The van der Waals surface area contributed by atoms with Crippen LogP contribution in [0.15, 0.2) is 36.7 Å². The summed E-state index contributed by atoms with van der Waals surface area (Å²) in [5.41, 5.74) is 4.45. The third kappa shape index (κ3) is 3.53. The number of nitrogens with zero attached hydrogens (tertiary/aromatic N) is 2. The number of carbonyl (C=O) groups is 1. The highest BCUT2D eigenvalue weighted by molar-refractivity contribution is 6.04. The van der Waals surface area contributed by atoms with Crippen LogP contribution in [-0.2, 0) is 11.2 Å². The molecule has 1 N–H and O–H groups in total. The van der Waals surface area contributed by atoms with Crippen molar-refractivity contribution in [1.82, 2.24) is 9.97 Å². The summed E-state index contributed by atoms with van der Waals surface area (Å²) in [6, 6.07) is 8.40. The molecule has 0 unspecified atom stereocenters. The Morgan fingerprint density at radius 1 is 0.917 bits per heavy atom. The Bertz CT molecular complexity index is 874. The first-order chi connectivity index (χ1) is 11.7. The predicted molar refractivity (Wildman–Crippen MR) is 96.2 cm³/mol. The van der Waals surface area contributed by atoms with E-state index in [2.05, 4.69) is 35.1 Å². The van der Waals surface area contributed by atoms with Crippen molar-refractivity contribution in [1.29, 1.82) is 0 Å². The molecular weight excluding hydrogens is 300 g/mol. The molecule has 0 spiro atoms. The fourth-order valence-corrected chi connectivity index (χ4v) is 3.19. The molecule has 3 rings (SSSR count). The Morgan fingerprint density at radius 2 is 1.58 bits per heavy atom. The molecule has 2 aromatic heterocycles. The van der Waals surface area contributed by atoms with Gasteiger partial charge in [-0.15, -0.1) is 0 Å². The lowest BCUT2D eigenvalue weighted by Crippen LogP contribution is -1.95. The third-order valence-electron chi connectivity index (χ3n) is 4.52. The Labute approximate surface area is 141 Å². The first kappa shape index (κ1) is 16.4. The highest BCUT2D eigenvalue weighted by atomic mass is 16.4. The number of benzene rings is 1. The zero-order valence-electron chi connectivity index (χ0n) is 14.0. The zero-order chi connectivity index (χ0) is 16.9. The third-order valence-corrected chi connectivity index (χ3v) is 4.52. The van der Waals surface area contributed by atoms with Crippen LogP contribution in [0.3, 0.4) is 0 Å². The van der Waals surface area contributed by atoms with Crippen molar-refractivity contribution in [2.75, 3.05) is 0 Å². The van der Waals surface area contributed by atoms with E-state index in [1.54, 1.807) is 0 Å². The molecule has 0 aliphatic heterocycles. The van der Waals surface area contributed by atoms with Crippen LogP contribution in [0.4, 0.5) is 0 Å². The minimum Gasteiger partial charge on any atom is -0.481 e. The number of aliphatic carboxylic acids is 1. The van der Waals surface area contributed by atoms with E-state index in [0.29, 0.717) is 0 Å². The van der Waals surface area contributed by atoms with Gasteiger partial charge < -0.3 is 5.11 Å². The van der Waals surface area contributed by atoms with Gasteiger partial charge in [-0.25, -0.2) is 0 Å². The summed E-state index contributed by atoms with van der Waals surface area (Å²) < 4.78 is 0. The standard InChI is InChI=1S/C20H22N2O2/c1-14-10-12-21-19-16(14)8-9-17-15(11-13-22-20(17)19)6-4-2-3-5-7-18(23)24/h8-13H,2-7H2,1H3,(H,23,24). The van der Waals surface area contributed by atoms with Crippen molar-refractivity contribution in [3.63, 3.8) is 0 Å². The van der Waals surface area contributed by atoms with Gasteiger partial charge in [-0.3, -0.25) is 14.8 Å². The van der Waals surface area contributed by atoms with Crippen molar-refractivity contribution >= 4 is 27.8 Å². The van der Waals surface area contributed by atoms with Gasteiger partial charge >= 0.3 is 5.97 Å². The van der Waals surface area contributed by atoms with Crippen molar-refractivity contribution in [2.45, 2.75) is 45.4 Å². The van der Waals surface area contributed by atoms with Crippen molar-refractivity contribution < 1.29 is 9.90 Å². The number of hydrogen-bond donors (Lipinski definition) is 1. The number of carboxylic acid groups (broad SMARTS) is 1. The molecule has 0 aliphatic carbocycles. The maximum absolute atomic E-state index is 10.5. The van der Waals surface area contributed by atoms with Crippen molar-refractivity contribution in [3.05, 3.63) is 47.8 Å². The van der Waals surface area contributed by atoms with Crippen LogP contribution in [0.5, 0.6) is 0 Å². The van der Waals surface area contributed by atoms with E-state index in [9.17, 15) is 4.79 Å². The van der Waals surface area contributed by atoms with Crippen LogP contribution in [0.2, 0.25) is 0 Å². The van der Waals surface area contributed by atoms with E-state index in [4.69, 9.17) is 5.11 Å². The fraction of sp³-hybridized carbons (Fsp3) is 0.350. The largest absolute Gasteiger partial charge is 0.481 e. The molecule has 0 atom stereocenters. The van der Waals surface area contributed by atoms with Crippen LogP contribution in [-0.4, -0.2) is 21.0 Å². The van der Waals surface area contributed by atoms with Gasteiger partial charge in [0.1, 0.15) is 0 Å². The molecule has 0 saturated carbocycles. The average molecular weight is 322 g/mol.